The average molecular weight is 395 g/mol. The molecule has 0 saturated carbocycles. The summed E-state index contributed by atoms with van der Waals surface area (Å²) in [6.45, 7) is 2.10. The lowest BCUT2D eigenvalue weighted by Crippen LogP contribution is -2.11. The number of ether oxygens (including phenoxy) is 1. The van der Waals surface area contributed by atoms with Crippen molar-refractivity contribution in [1.82, 2.24) is 9.97 Å². The summed E-state index contributed by atoms with van der Waals surface area (Å²) in [5.41, 5.74) is 4.37. The molecule has 1 aromatic heterocycles. The molecule has 0 saturated heterocycles. The van der Waals surface area contributed by atoms with Gasteiger partial charge in [0.05, 0.1) is 0 Å². The molecule has 4 rings (SSSR count). The lowest BCUT2D eigenvalue weighted by molar-refractivity contribution is 0.102. The van der Waals surface area contributed by atoms with Gasteiger partial charge in [-0.25, -0.2) is 9.97 Å². The van der Waals surface area contributed by atoms with Crippen molar-refractivity contribution in [1.29, 1.82) is 0 Å². The molecule has 4 aromatic rings. The molecular weight excluding hydrogens is 374 g/mol. The van der Waals surface area contributed by atoms with E-state index >= 15 is 0 Å². The van der Waals surface area contributed by atoms with Gasteiger partial charge in [0.25, 0.3) is 5.91 Å². The molecule has 5 heteroatoms. The highest BCUT2D eigenvalue weighted by atomic mass is 16.5. The molecule has 1 amide bonds. The molecular formula is C25H21N3O2. The number of benzene rings is 3. The van der Waals surface area contributed by atoms with E-state index < -0.39 is 0 Å². The van der Waals surface area contributed by atoms with Crippen LogP contribution in [0.1, 0.15) is 22.8 Å². The SMILES string of the molecule is CCc1ccc(NC(=O)c2ccc(-c3cnc(Oc4ccccc4)nc3)cc2)cc1. The Morgan fingerprint density at radius 3 is 2.13 bits per heavy atom. The zero-order chi connectivity index (χ0) is 20.8. The lowest BCUT2D eigenvalue weighted by Gasteiger charge is -2.08. The van der Waals surface area contributed by atoms with Crippen molar-refractivity contribution in [3.05, 3.63) is 102 Å². The third-order valence-electron chi connectivity index (χ3n) is 4.68. The summed E-state index contributed by atoms with van der Waals surface area (Å²) in [5, 5.41) is 2.92. The van der Waals surface area contributed by atoms with Crippen LogP contribution in [0.4, 0.5) is 5.69 Å². The van der Waals surface area contributed by atoms with Crippen LogP contribution >= 0.6 is 0 Å². The summed E-state index contributed by atoms with van der Waals surface area (Å²) in [4.78, 5) is 21.0. The zero-order valence-electron chi connectivity index (χ0n) is 16.6. The van der Waals surface area contributed by atoms with Crippen molar-refractivity contribution in [2.24, 2.45) is 0 Å². The summed E-state index contributed by atoms with van der Waals surface area (Å²) in [6.07, 6.45) is 4.38. The van der Waals surface area contributed by atoms with Crippen molar-refractivity contribution in [2.75, 3.05) is 5.32 Å². The Morgan fingerprint density at radius 2 is 1.50 bits per heavy atom. The molecule has 5 nitrogen and oxygen atoms in total. The van der Waals surface area contributed by atoms with Gasteiger partial charge in [0.2, 0.25) is 0 Å². The number of nitrogens with zero attached hydrogens (tertiary/aromatic N) is 2. The Morgan fingerprint density at radius 1 is 0.833 bits per heavy atom. The third-order valence-corrected chi connectivity index (χ3v) is 4.68. The Hall–Kier alpha value is -3.99. The maximum absolute atomic E-state index is 12.5. The van der Waals surface area contributed by atoms with Gasteiger partial charge in [-0.3, -0.25) is 4.79 Å². The van der Waals surface area contributed by atoms with Gasteiger partial charge >= 0.3 is 6.01 Å². The van der Waals surface area contributed by atoms with Crippen molar-refractivity contribution < 1.29 is 9.53 Å². The molecule has 148 valence electrons. The first-order valence-corrected chi connectivity index (χ1v) is 9.77. The number of carbonyl (C=O) groups excluding carboxylic acids is 1. The first-order chi connectivity index (χ1) is 14.7. The largest absolute Gasteiger partial charge is 0.424 e. The average Bonchev–Trinajstić information content (AvgIpc) is 2.81. The van der Waals surface area contributed by atoms with Gasteiger partial charge in [-0.1, -0.05) is 49.4 Å². The predicted octanol–water partition coefficient (Wildman–Crippen LogP) is 5.75. The van der Waals surface area contributed by atoms with E-state index in [-0.39, 0.29) is 11.9 Å². The third kappa shape index (κ3) is 4.70. The quantitative estimate of drug-likeness (QED) is 0.451. The van der Waals surface area contributed by atoms with E-state index in [1.54, 1.807) is 24.5 Å². The minimum atomic E-state index is -0.145. The minimum Gasteiger partial charge on any atom is -0.424 e. The van der Waals surface area contributed by atoms with Crippen molar-refractivity contribution in [3.8, 4) is 22.9 Å². The molecule has 0 spiro atoms. The van der Waals surface area contributed by atoms with Gasteiger partial charge in [0.1, 0.15) is 5.75 Å². The second kappa shape index (κ2) is 9.01. The summed E-state index contributed by atoms with van der Waals surface area (Å²) < 4.78 is 5.62. The van der Waals surface area contributed by atoms with Crippen LogP contribution in [0.2, 0.25) is 0 Å². The highest BCUT2D eigenvalue weighted by molar-refractivity contribution is 6.04. The number of carbonyl (C=O) groups is 1. The monoisotopic (exact) mass is 395 g/mol. The molecule has 1 heterocycles. The van der Waals surface area contributed by atoms with Crippen LogP contribution in [0.15, 0.2) is 91.3 Å². The molecule has 0 bridgehead atoms. The van der Waals surface area contributed by atoms with Gasteiger partial charge in [0.15, 0.2) is 0 Å². The molecule has 0 aliphatic rings. The van der Waals surface area contributed by atoms with Crippen LogP contribution in [0.5, 0.6) is 11.8 Å². The Labute approximate surface area is 175 Å². The Bertz CT molecular complexity index is 1110. The number of rotatable bonds is 6. The molecule has 0 aliphatic carbocycles. The number of aryl methyl sites for hydroxylation is 1. The first-order valence-electron chi connectivity index (χ1n) is 9.77. The van der Waals surface area contributed by atoms with Crippen molar-refractivity contribution >= 4 is 11.6 Å². The van der Waals surface area contributed by atoms with Crippen molar-refractivity contribution in [3.63, 3.8) is 0 Å². The van der Waals surface area contributed by atoms with Crippen LogP contribution < -0.4 is 10.1 Å². The van der Waals surface area contributed by atoms with Gasteiger partial charge in [-0.2, -0.15) is 0 Å². The van der Waals surface area contributed by atoms with Crippen LogP contribution in [-0.2, 0) is 6.42 Å². The highest BCUT2D eigenvalue weighted by Crippen LogP contribution is 2.22. The molecule has 1 N–H and O–H groups in total. The maximum Gasteiger partial charge on any atom is 0.321 e. The van der Waals surface area contributed by atoms with Crippen LogP contribution in [0, 0.1) is 0 Å². The number of nitrogens with one attached hydrogen (secondary N) is 1. The van der Waals surface area contributed by atoms with Gasteiger partial charge < -0.3 is 10.1 Å². The van der Waals surface area contributed by atoms with E-state index in [0.717, 1.165) is 23.2 Å². The van der Waals surface area contributed by atoms with E-state index in [1.807, 2.05) is 66.7 Å². The molecule has 3 aromatic carbocycles. The van der Waals surface area contributed by atoms with Gasteiger partial charge in [-0.15, -0.1) is 0 Å². The number of para-hydroxylation sites is 1. The molecule has 0 radical (unpaired) electrons. The number of aromatic nitrogens is 2. The highest BCUT2D eigenvalue weighted by Gasteiger charge is 2.08. The summed E-state index contributed by atoms with van der Waals surface area (Å²) in [5.74, 6) is 0.540. The normalized spacial score (nSPS) is 10.4. The number of amides is 1. The van der Waals surface area contributed by atoms with Crippen LogP contribution in [0.3, 0.4) is 0 Å². The Balaban J connectivity index is 1.41. The number of anilines is 1. The summed E-state index contributed by atoms with van der Waals surface area (Å²) >= 11 is 0. The van der Waals surface area contributed by atoms with Crippen LogP contribution in [0.25, 0.3) is 11.1 Å². The fourth-order valence-corrected chi connectivity index (χ4v) is 2.95. The van der Waals surface area contributed by atoms with E-state index in [2.05, 4.69) is 22.2 Å². The molecule has 30 heavy (non-hydrogen) atoms. The van der Waals surface area contributed by atoms with Gasteiger partial charge in [0, 0.05) is 29.2 Å². The zero-order valence-corrected chi connectivity index (χ0v) is 16.6. The number of hydrogen-bond donors (Lipinski definition) is 1. The molecule has 0 fully saturated rings. The Kier molecular flexibility index (Phi) is 5.80. The minimum absolute atomic E-state index is 0.145. The summed E-state index contributed by atoms with van der Waals surface area (Å²) in [7, 11) is 0. The van der Waals surface area contributed by atoms with Gasteiger partial charge in [-0.05, 0) is 53.9 Å². The molecule has 0 unspecified atom stereocenters. The van der Waals surface area contributed by atoms with E-state index in [1.165, 1.54) is 5.56 Å². The van der Waals surface area contributed by atoms with E-state index in [9.17, 15) is 4.79 Å². The second-order valence-corrected chi connectivity index (χ2v) is 6.75. The maximum atomic E-state index is 12.5. The summed E-state index contributed by atoms with van der Waals surface area (Å²) in [6, 6.07) is 24.9. The van der Waals surface area contributed by atoms with Crippen molar-refractivity contribution in [2.45, 2.75) is 13.3 Å². The smallest absolute Gasteiger partial charge is 0.321 e. The topological polar surface area (TPSA) is 64.1 Å². The van der Waals surface area contributed by atoms with E-state index in [4.69, 9.17) is 4.74 Å². The van der Waals surface area contributed by atoms with E-state index in [0.29, 0.717) is 11.3 Å². The standard InChI is InChI=1S/C25H21N3O2/c1-2-18-8-14-22(15-9-18)28-24(29)20-12-10-19(11-13-20)21-16-26-25(27-17-21)30-23-6-4-3-5-7-23/h3-17H,2H2,1H3,(H,28,29). The predicted molar refractivity (Wildman–Crippen MR) is 118 cm³/mol. The second-order valence-electron chi connectivity index (χ2n) is 6.75. The lowest BCUT2D eigenvalue weighted by atomic mass is 10.1. The number of hydrogen-bond acceptors (Lipinski definition) is 4. The fraction of sp³-hybridized carbons (Fsp3) is 0.0800. The fourth-order valence-electron chi connectivity index (χ4n) is 2.95. The molecule has 0 aliphatic heterocycles. The molecule has 0 atom stereocenters. The van der Waals surface area contributed by atoms with Crippen LogP contribution in [-0.4, -0.2) is 15.9 Å². The first kappa shape index (κ1) is 19.3.